The van der Waals surface area contributed by atoms with Crippen molar-refractivity contribution in [2.75, 3.05) is 38.7 Å². The van der Waals surface area contributed by atoms with Crippen molar-refractivity contribution in [2.45, 2.75) is 31.7 Å². The second kappa shape index (κ2) is 9.87. The summed E-state index contributed by atoms with van der Waals surface area (Å²) in [5, 5.41) is 6.34. The molecule has 3 heterocycles. The molecule has 5 rings (SSSR count). The number of likely N-dealkylation sites (tertiary alicyclic amines) is 1. The molecule has 2 aliphatic rings. The van der Waals surface area contributed by atoms with Crippen molar-refractivity contribution >= 4 is 28.5 Å². The second-order valence-electron chi connectivity index (χ2n) is 8.94. The molecular weight excluding hydrogens is 448 g/mol. The lowest BCUT2D eigenvalue weighted by Crippen LogP contribution is -2.50. The summed E-state index contributed by atoms with van der Waals surface area (Å²) in [6.45, 7) is 4.35. The van der Waals surface area contributed by atoms with E-state index in [9.17, 15) is 9.59 Å². The molecular formula is C26H30N4O5. The van der Waals surface area contributed by atoms with Gasteiger partial charge in [0.05, 0.1) is 13.2 Å². The molecule has 184 valence electrons. The van der Waals surface area contributed by atoms with Gasteiger partial charge < -0.3 is 24.5 Å². The maximum absolute atomic E-state index is 12.8. The summed E-state index contributed by atoms with van der Waals surface area (Å²) < 4.78 is 16.4. The number of nitrogens with zero attached hydrogens (tertiary/aromatic N) is 1. The van der Waals surface area contributed by atoms with Crippen molar-refractivity contribution in [3.05, 3.63) is 48.2 Å². The molecule has 2 aliphatic heterocycles. The van der Waals surface area contributed by atoms with Gasteiger partial charge in [0.1, 0.15) is 19.0 Å². The fourth-order valence-corrected chi connectivity index (χ4v) is 4.85. The Labute approximate surface area is 203 Å². The molecule has 0 spiro atoms. The minimum atomic E-state index is -0.568. The Hall–Kier alpha value is -3.72. The number of rotatable bonds is 5. The van der Waals surface area contributed by atoms with Gasteiger partial charge in [-0.3, -0.25) is 15.0 Å². The van der Waals surface area contributed by atoms with Crippen molar-refractivity contribution in [2.24, 2.45) is 0 Å². The molecule has 1 atom stereocenters. The summed E-state index contributed by atoms with van der Waals surface area (Å²) in [4.78, 5) is 30.6. The van der Waals surface area contributed by atoms with Crippen LogP contribution in [0.2, 0.25) is 0 Å². The molecule has 35 heavy (non-hydrogen) atoms. The number of aromatic amines is 1. The van der Waals surface area contributed by atoms with Gasteiger partial charge in [0.15, 0.2) is 11.5 Å². The molecule has 0 bridgehead atoms. The van der Waals surface area contributed by atoms with Crippen molar-refractivity contribution < 1.29 is 23.8 Å². The number of H-pyrrole nitrogens is 1. The van der Waals surface area contributed by atoms with Crippen LogP contribution in [0.15, 0.2) is 42.6 Å². The number of hydrogen-bond donors (Lipinski definition) is 3. The largest absolute Gasteiger partial charge is 0.497 e. The Morgan fingerprint density at radius 3 is 2.63 bits per heavy atom. The zero-order valence-corrected chi connectivity index (χ0v) is 19.9. The van der Waals surface area contributed by atoms with Gasteiger partial charge >= 0.3 is 6.03 Å². The van der Waals surface area contributed by atoms with Crippen LogP contribution in [0.5, 0.6) is 17.2 Å². The van der Waals surface area contributed by atoms with Crippen LogP contribution in [-0.4, -0.2) is 61.3 Å². The van der Waals surface area contributed by atoms with Crippen LogP contribution in [0.3, 0.4) is 0 Å². The number of hydrogen-bond acceptors (Lipinski definition) is 6. The second-order valence-corrected chi connectivity index (χ2v) is 8.94. The minimum absolute atomic E-state index is 0.324. The monoisotopic (exact) mass is 478 g/mol. The number of nitrogens with one attached hydrogen (secondary N) is 3. The van der Waals surface area contributed by atoms with Crippen LogP contribution in [0.4, 0.5) is 10.5 Å². The third-order valence-corrected chi connectivity index (χ3v) is 6.85. The Morgan fingerprint density at radius 1 is 1.09 bits per heavy atom. The summed E-state index contributed by atoms with van der Waals surface area (Å²) in [7, 11) is 1.68. The highest BCUT2D eigenvalue weighted by Gasteiger charge is 2.29. The quantitative estimate of drug-likeness (QED) is 0.514. The van der Waals surface area contributed by atoms with E-state index >= 15 is 0 Å². The molecule has 1 aromatic heterocycles. The van der Waals surface area contributed by atoms with E-state index in [1.807, 2.05) is 19.1 Å². The Kier molecular flexibility index (Phi) is 6.50. The maximum atomic E-state index is 12.8. The highest BCUT2D eigenvalue weighted by molar-refractivity contribution is 6.02. The fraction of sp³-hybridized carbons (Fsp3) is 0.385. The molecule has 0 radical (unpaired) electrons. The number of anilines is 1. The minimum Gasteiger partial charge on any atom is -0.497 e. The van der Waals surface area contributed by atoms with E-state index in [4.69, 9.17) is 14.2 Å². The van der Waals surface area contributed by atoms with Crippen LogP contribution in [-0.2, 0) is 4.79 Å². The van der Waals surface area contributed by atoms with E-state index < -0.39 is 12.1 Å². The number of methoxy groups -OCH3 is 1. The highest BCUT2D eigenvalue weighted by Crippen LogP contribution is 2.35. The lowest BCUT2D eigenvalue weighted by Gasteiger charge is -2.35. The number of carbonyl (C=O) groups excluding carboxylic acids is 2. The Bertz CT molecular complexity index is 1230. The molecule has 0 aliphatic carbocycles. The van der Waals surface area contributed by atoms with E-state index in [1.54, 1.807) is 25.3 Å². The number of urea groups is 1. The van der Waals surface area contributed by atoms with E-state index in [-0.39, 0.29) is 5.91 Å². The predicted octanol–water partition coefficient (Wildman–Crippen LogP) is 3.86. The third-order valence-electron chi connectivity index (χ3n) is 6.85. The van der Waals surface area contributed by atoms with Gasteiger partial charge in [0.25, 0.3) is 0 Å². The number of imide groups is 1. The number of aromatic nitrogens is 1. The fourth-order valence-electron chi connectivity index (χ4n) is 4.85. The van der Waals surface area contributed by atoms with E-state index in [0.29, 0.717) is 36.3 Å². The van der Waals surface area contributed by atoms with Gasteiger partial charge in [-0.2, -0.15) is 0 Å². The van der Waals surface area contributed by atoms with E-state index in [0.717, 1.165) is 37.2 Å². The highest BCUT2D eigenvalue weighted by atomic mass is 16.6. The number of piperidine rings is 1. The summed E-state index contributed by atoms with van der Waals surface area (Å²) in [6, 6.07) is 10.2. The normalized spacial score (nSPS) is 17.1. The van der Waals surface area contributed by atoms with Gasteiger partial charge in [0, 0.05) is 28.9 Å². The molecule has 9 nitrogen and oxygen atoms in total. The third kappa shape index (κ3) is 4.90. The molecule has 2 aromatic carbocycles. The molecule has 0 saturated carbocycles. The summed E-state index contributed by atoms with van der Waals surface area (Å²) in [5.41, 5.74) is 2.91. The van der Waals surface area contributed by atoms with Gasteiger partial charge in [-0.1, -0.05) is 0 Å². The van der Waals surface area contributed by atoms with Crippen molar-refractivity contribution in [1.29, 1.82) is 0 Å². The number of benzene rings is 2. The standard InChI is InChI=1S/C26H30N4O5/c1-16(25(31)29-26(32)28-18-3-6-23-24(13-18)35-12-11-34-23)30-9-7-17(8-10-30)21-15-27-22-5-4-19(33-2)14-20(21)22/h3-6,13-17,27H,7-12H2,1-2H3,(H2,28,29,31,32). The average molecular weight is 479 g/mol. The first-order chi connectivity index (χ1) is 17.0. The summed E-state index contributed by atoms with van der Waals surface area (Å²) in [5.74, 6) is 2.14. The summed E-state index contributed by atoms with van der Waals surface area (Å²) >= 11 is 0. The van der Waals surface area contributed by atoms with Crippen LogP contribution >= 0.6 is 0 Å². The Balaban J connectivity index is 1.15. The maximum Gasteiger partial charge on any atom is 0.325 e. The van der Waals surface area contributed by atoms with Crippen molar-refractivity contribution in [3.8, 4) is 17.2 Å². The molecule has 1 fully saturated rings. The molecule has 1 unspecified atom stereocenters. The lowest BCUT2D eigenvalue weighted by atomic mass is 9.88. The first-order valence-corrected chi connectivity index (χ1v) is 11.9. The molecule has 3 amide bonds. The van der Waals surface area contributed by atoms with Crippen LogP contribution in [0, 0.1) is 0 Å². The number of amides is 3. The van der Waals surface area contributed by atoms with Crippen molar-refractivity contribution in [1.82, 2.24) is 15.2 Å². The lowest BCUT2D eigenvalue weighted by molar-refractivity contribution is -0.125. The smallest absolute Gasteiger partial charge is 0.325 e. The molecule has 9 heteroatoms. The average Bonchev–Trinajstić information content (AvgIpc) is 3.31. The van der Waals surface area contributed by atoms with Gasteiger partial charge in [-0.15, -0.1) is 0 Å². The van der Waals surface area contributed by atoms with Crippen LogP contribution < -0.4 is 24.8 Å². The Morgan fingerprint density at radius 2 is 1.86 bits per heavy atom. The SMILES string of the molecule is COc1ccc2[nH]cc(C3CCN(C(C)C(=O)NC(=O)Nc4ccc5c(c4)OCCO5)CC3)c2c1. The molecule has 1 saturated heterocycles. The summed E-state index contributed by atoms with van der Waals surface area (Å²) in [6.07, 6.45) is 3.96. The molecule has 3 N–H and O–H groups in total. The topological polar surface area (TPSA) is 105 Å². The van der Waals surface area contributed by atoms with Crippen LogP contribution in [0.25, 0.3) is 10.9 Å². The number of carbonyl (C=O) groups is 2. The molecule has 3 aromatic rings. The zero-order chi connectivity index (χ0) is 24.4. The number of ether oxygens (including phenoxy) is 3. The van der Waals surface area contributed by atoms with Crippen LogP contribution in [0.1, 0.15) is 31.2 Å². The number of fused-ring (bicyclic) bond motifs is 2. The zero-order valence-electron chi connectivity index (χ0n) is 19.9. The first kappa shape index (κ1) is 23.0. The van der Waals surface area contributed by atoms with Gasteiger partial charge in [0.2, 0.25) is 5.91 Å². The van der Waals surface area contributed by atoms with E-state index in [2.05, 4.69) is 32.8 Å². The van der Waals surface area contributed by atoms with Crippen molar-refractivity contribution in [3.63, 3.8) is 0 Å². The van der Waals surface area contributed by atoms with Gasteiger partial charge in [-0.25, -0.2) is 4.79 Å². The van der Waals surface area contributed by atoms with Gasteiger partial charge in [-0.05, 0) is 74.7 Å². The first-order valence-electron chi connectivity index (χ1n) is 11.9. The van der Waals surface area contributed by atoms with E-state index in [1.165, 1.54) is 10.9 Å². The predicted molar refractivity (Wildman–Crippen MR) is 132 cm³/mol.